The monoisotopic (exact) mass is 333 g/mol. The van der Waals surface area contributed by atoms with Gasteiger partial charge >= 0.3 is 5.97 Å². The van der Waals surface area contributed by atoms with Gasteiger partial charge in [-0.2, -0.15) is 0 Å². The SMILES string of the molecule is COC(=O)Cc1ccc(SCCS(C)(=O)=O)c([N+](=O)[O-])c1. The molecular weight excluding hydrogens is 318 g/mol. The van der Waals surface area contributed by atoms with Crippen molar-refractivity contribution in [1.82, 2.24) is 0 Å². The molecule has 1 rings (SSSR count). The van der Waals surface area contributed by atoms with Crippen LogP contribution in [0.25, 0.3) is 0 Å². The van der Waals surface area contributed by atoms with Crippen molar-refractivity contribution in [3.05, 3.63) is 33.9 Å². The molecule has 0 aliphatic heterocycles. The Morgan fingerprint density at radius 3 is 2.62 bits per heavy atom. The summed E-state index contributed by atoms with van der Waals surface area (Å²) in [4.78, 5) is 22.0. The van der Waals surface area contributed by atoms with Crippen LogP contribution >= 0.6 is 11.8 Å². The fourth-order valence-corrected chi connectivity index (χ4v) is 3.69. The summed E-state index contributed by atoms with van der Waals surface area (Å²) in [5, 5.41) is 11.0. The second kappa shape index (κ2) is 7.41. The van der Waals surface area contributed by atoms with Gasteiger partial charge in [0.1, 0.15) is 9.84 Å². The Bertz CT molecular complexity index is 641. The molecule has 0 unspecified atom stereocenters. The molecule has 0 radical (unpaired) electrons. The minimum absolute atomic E-state index is 0.0500. The van der Waals surface area contributed by atoms with Gasteiger partial charge in [0.25, 0.3) is 5.69 Å². The molecule has 0 aromatic heterocycles. The normalized spacial score (nSPS) is 11.1. The van der Waals surface area contributed by atoms with Crippen molar-refractivity contribution in [1.29, 1.82) is 0 Å². The molecule has 0 fully saturated rings. The van der Waals surface area contributed by atoms with Crippen LogP contribution < -0.4 is 0 Å². The van der Waals surface area contributed by atoms with E-state index in [2.05, 4.69) is 4.74 Å². The van der Waals surface area contributed by atoms with Gasteiger partial charge in [0.2, 0.25) is 0 Å². The van der Waals surface area contributed by atoms with E-state index >= 15 is 0 Å². The molecule has 0 bridgehead atoms. The molecule has 0 atom stereocenters. The van der Waals surface area contributed by atoms with E-state index in [-0.39, 0.29) is 23.6 Å². The van der Waals surface area contributed by atoms with Gasteiger partial charge in [0.05, 0.1) is 29.1 Å². The van der Waals surface area contributed by atoms with Gasteiger partial charge in [-0.1, -0.05) is 6.07 Å². The van der Waals surface area contributed by atoms with Gasteiger partial charge in [-0.3, -0.25) is 14.9 Å². The molecule has 0 saturated heterocycles. The number of nitrogens with zero attached hydrogens (tertiary/aromatic N) is 1. The third-order valence-electron chi connectivity index (χ3n) is 2.51. The summed E-state index contributed by atoms with van der Waals surface area (Å²) >= 11 is 1.10. The van der Waals surface area contributed by atoms with Crippen molar-refractivity contribution in [2.24, 2.45) is 0 Å². The highest BCUT2D eigenvalue weighted by Gasteiger charge is 2.17. The minimum Gasteiger partial charge on any atom is -0.469 e. The molecule has 0 N–H and O–H groups in total. The summed E-state index contributed by atoms with van der Waals surface area (Å²) in [6.07, 6.45) is 1.06. The maximum Gasteiger partial charge on any atom is 0.309 e. The number of nitro groups is 1. The summed E-state index contributed by atoms with van der Waals surface area (Å²) in [6, 6.07) is 4.41. The lowest BCUT2D eigenvalue weighted by atomic mass is 10.1. The second-order valence-electron chi connectivity index (χ2n) is 4.29. The van der Waals surface area contributed by atoms with Crippen LogP contribution in [0.15, 0.2) is 23.1 Å². The molecule has 0 amide bonds. The first-order chi connectivity index (χ1) is 9.73. The number of ether oxygens (including phenoxy) is 1. The number of carbonyl (C=O) groups is 1. The summed E-state index contributed by atoms with van der Waals surface area (Å²) < 4.78 is 26.6. The predicted molar refractivity (Wildman–Crippen MR) is 79.3 cm³/mol. The van der Waals surface area contributed by atoms with E-state index < -0.39 is 20.7 Å². The molecule has 7 nitrogen and oxygen atoms in total. The van der Waals surface area contributed by atoms with Gasteiger partial charge in [-0.15, -0.1) is 11.8 Å². The second-order valence-corrected chi connectivity index (χ2v) is 7.69. The van der Waals surface area contributed by atoms with Crippen LogP contribution in [0.2, 0.25) is 0 Å². The number of esters is 1. The van der Waals surface area contributed by atoms with Crippen molar-refractivity contribution in [3.8, 4) is 0 Å². The van der Waals surface area contributed by atoms with E-state index in [0.717, 1.165) is 18.0 Å². The first kappa shape index (κ1) is 17.4. The van der Waals surface area contributed by atoms with Gasteiger partial charge in [0.15, 0.2) is 0 Å². The maximum atomic E-state index is 11.2. The van der Waals surface area contributed by atoms with Crippen molar-refractivity contribution < 1.29 is 22.9 Å². The largest absolute Gasteiger partial charge is 0.469 e. The maximum absolute atomic E-state index is 11.2. The highest BCUT2D eigenvalue weighted by molar-refractivity contribution is 8.00. The molecule has 0 heterocycles. The Balaban J connectivity index is 2.89. The zero-order valence-electron chi connectivity index (χ0n) is 11.6. The van der Waals surface area contributed by atoms with Crippen LogP contribution in [0.1, 0.15) is 5.56 Å². The third-order valence-corrected chi connectivity index (χ3v) is 4.78. The van der Waals surface area contributed by atoms with E-state index in [0.29, 0.717) is 10.5 Å². The van der Waals surface area contributed by atoms with E-state index in [4.69, 9.17) is 0 Å². The first-order valence-corrected chi connectivity index (χ1v) is 8.92. The first-order valence-electron chi connectivity index (χ1n) is 5.87. The molecule has 1 aromatic rings. The minimum atomic E-state index is -3.11. The number of hydrogen-bond acceptors (Lipinski definition) is 7. The number of thioether (sulfide) groups is 1. The fraction of sp³-hybridized carbons (Fsp3) is 0.417. The summed E-state index contributed by atoms with van der Waals surface area (Å²) in [5.74, 6) is -0.309. The number of methoxy groups -OCH3 is 1. The van der Waals surface area contributed by atoms with E-state index in [1.54, 1.807) is 6.07 Å². The van der Waals surface area contributed by atoms with Crippen LogP contribution in [0.5, 0.6) is 0 Å². The number of benzene rings is 1. The Morgan fingerprint density at radius 2 is 2.10 bits per heavy atom. The van der Waals surface area contributed by atoms with Crippen LogP contribution in [-0.2, 0) is 25.8 Å². The Hall–Kier alpha value is -1.61. The van der Waals surface area contributed by atoms with Gasteiger partial charge in [0, 0.05) is 18.1 Å². The molecule has 0 aliphatic rings. The quantitative estimate of drug-likeness (QED) is 0.322. The van der Waals surface area contributed by atoms with Gasteiger partial charge in [-0.25, -0.2) is 8.42 Å². The van der Waals surface area contributed by atoms with Crippen molar-refractivity contribution >= 4 is 33.3 Å². The highest BCUT2D eigenvalue weighted by atomic mass is 32.2. The van der Waals surface area contributed by atoms with Crippen LogP contribution in [0.3, 0.4) is 0 Å². The molecule has 0 saturated carbocycles. The number of hydrogen-bond donors (Lipinski definition) is 0. The number of nitro benzene ring substituents is 1. The van der Waals surface area contributed by atoms with Crippen molar-refractivity contribution in [2.75, 3.05) is 24.9 Å². The molecule has 0 spiro atoms. The lowest BCUT2D eigenvalue weighted by molar-refractivity contribution is -0.387. The fourth-order valence-electron chi connectivity index (χ4n) is 1.48. The van der Waals surface area contributed by atoms with Gasteiger partial charge in [-0.05, 0) is 11.6 Å². The number of rotatable bonds is 7. The average molecular weight is 333 g/mol. The van der Waals surface area contributed by atoms with E-state index in [1.807, 2.05) is 0 Å². The molecule has 116 valence electrons. The molecular formula is C12H15NO6S2. The predicted octanol–water partition coefficient (Wildman–Crippen LogP) is 1.45. The lowest BCUT2D eigenvalue weighted by Gasteiger charge is -2.05. The highest BCUT2D eigenvalue weighted by Crippen LogP contribution is 2.30. The summed E-state index contributed by atoms with van der Waals surface area (Å²) in [5.41, 5.74) is 0.330. The van der Waals surface area contributed by atoms with E-state index in [9.17, 15) is 23.3 Å². The smallest absolute Gasteiger partial charge is 0.309 e. The van der Waals surface area contributed by atoms with Crippen LogP contribution in [-0.4, -0.2) is 44.2 Å². The zero-order chi connectivity index (χ0) is 16.0. The number of sulfone groups is 1. The topological polar surface area (TPSA) is 104 Å². The molecule has 0 aliphatic carbocycles. The Kier molecular flexibility index (Phi) is 6.16. The van der Waals surface area contributed by atoms with Crippen molar-refractivity contribution in [2.45, 2.75) is 11.3 Å². The van der Waals surface area contributed by atoms with Crippen molar-refractivity contribution in [3.63, 3.8) is 0 Å². The number of carbonyl (C=O) groups excluding carboxylic acids is 1. The lowest BCUT2D eigenvalue weighted by Crippen LogP contribution is -2.06. The van der Waals surface area contributed by atoms with Crippen LogP contribution in [0, 0.1) is 10.1 Å². The molecule has 1 aromatic carbocycles. The molecule has 9 heteroatoms. The Morgan fingerprint density at radius 1 is 1.43 bits per heavy atom. The average Bonchev–Trinajstić information content (AvgIpc) is 2.38. The third kappa shape index (κ3) is 6.13. The Labute approximate surface area is 126 Å². The van der Waals surface area contributed by atoms with Crippen LogP contribution in [0.4, 0.5) is 5.69 Å². The zero-order valence-corrected chi connectivity index (χ0v) is 13.2. The summed E-state index contributed by atoms with van der Waals surface area (Å²) in [7, 11) is -1.86. The standard InChI is InChI=1S/C12H15NO6S2/c1-19-12(14)8-9-3-4-11(10(7-9)13(15)16)20-5-6-21(2,17)18/h3-4,7H,5-6,8H2,1-2H3. The van der Waals surface area contributed by atoms with Gasteiger partial charge < -0.3 is 4.74 Å². The summed E-state index contributed by atoms with van der Waals surface area (Å²) in [6.45, 7) is 0. The molecule has 21 heavy (non-hydrogen) atoms. The van der Waals surface area contributed by atoms with E-state index in [1.165, 1.54) is 19.2 Å².